The minimum absolute atomic E-state index is 0.0474. The Morgan fingerprint density at radius 1 is 1.35 bits per heavy atom. The average Bonchev–Trinajstić information content (AvgIpc) is 2.33. The highest BCUT2D eigenvalue weighted by Crippen LogP contribution is 2.09. The lowest BCUT2D eigenvalue weighted by Crippen LogP contribution is -2.41. The fraction of sp³-hybridized carbons (Fsp3) is 0.562. The molecule has 1 amide bonds. The molecule has 0 spiro atoms. The quantitative estimate of drug-likeness (QED) is 0.748. The van der Waals surface area contributed by atoms with Crippen LogP contribution in [0.5, 0.6) is 0 Å². The third-order valence-electron chi connectivity index (χ3n) is 3.32. The van der Waals surface area contributed by atoms with Crippen LogP contribution in [0.1, 0.15) is 25.8 Å². The number of hydrogen-bond acceptors (Lipinski definition) is 3. The predicted molar refractivity (Wildman–Crippen MR) is 84.5 cm³/mol. The summed E-state index contributed by atoms with van der Waals surface area (Å²) in [6.45, 7) is 5.09. The number of nitrogen functional groups attached to an aromatic ring is 1. The van der Waals surface area contributed by atoms with Gasteiger partial charge in [0, 0.05) is 18.3 Å². The van der Waals surface area contributed by atoms with Crippen molar-refractivity contribution >= 4 is 11.6 Å². The number of anilines is 1. The number of likely N-dealkylation sites (N-methyl/N-ethyl adjacent to an activating group) is 1. The Labute approximate surface area is 122 Å². The summed E-state index contributed by atoms with van der Waals surface area (Å²) in [5.41, 5.74) is 7.36. The van der Waals surface area contributed by atoms with Crippen LogP contribution in [0.2, 0.25) is 0 Å². The highest BCUT2D eigenvalue weighted by molar-refractivity contribution is 5.78. The molecule has 1 atom stereocenters. The van der Waals surface area contributed by atoms with Crippen LogP contribution in [0.3, 0.4) is 0 Å². The van der Waals surface area contributed by atoms with E-state index in [9.17, 15) is 4.79 Å². The van der Waals surface area contributed by atoms with E-state index in [1.54, 1.807) is 0 Å². The van der Waals surface area contributed by atoms with E-state index in [0.29, 0.717) is 30.6 Å². The highest BCUT2D eigenvalue weighted by Gasteiger charge is 2.14. The summed E-state index contributed by atoms with van der Waals surface area (Å²) >= 11 is 0. The summed E-state index contributed by atoms with van der Waals surface area (Å²) in [5.74, 6) is 0.666. The molecule has 0 bridgehead atoms. The molecule has 0 saturated carbocycles. The molecule has 0 radical (unpaired) electrons. The standard InChI is InChI=1S/C16H27N3O/c1-12(2)8-15(19(3)4)11-18-16(20)10-13-6-5-7-14(17)9-13/h5-7,9,12,15H,8,10-11,17H2,1-4H3,(H,18,20). The minimum Gasteiger partial charge on any atom is -0.399 e. The zero-order valence-electron chi connectivity index (χ0n) is 13.0. The van der Waals surface area contributed by atoms with Crippen LogP contribution in [-0.4, -0.2) is 37.5 Å². The van der Waals surface area contributed by atoms with E-state index < -0.39 is 0 Å². The van der Waals surface area contributed by atoms with E-state index in [2.05, 4.69) is 38.2 Å². The molecule has 1 aromatic rings. The molecule has 3 N–H and O–H groups in total. The van der Waals surface area contributed by atoms with Crippen molar-refractivity contribution in [2.75, 3.05) is 26.4 Å². The molecule has 20 heavy (non-hydrogen) atoms. The number of nitrogens with zero attached hydrogens (tertiary/aromatic N) is 1. The van der Waals surface area contributed by atoms with Crippen molar-refractivity contribution in [1.29, 1.82) is 0 Å². The second-order valence-electron chi connectivity index (χ2n) is 5.97. The number of nitrogens with one attached hydrogen (secondary N) is 1. The monoisotopic (exact) mass is 277 g/mol. The molecule has 0 aliphatic rings. The molecule has 4 heteroatoms. The zero-order valence-corrected chi connectivity index (χ0v) is 13.0. The van der Waals surface area contributed by atoms with Gasteiger partial charge in [-0.05, 0) is 44.1 Å². The maximum Gasteiger partial charge on any atom is 0.224 e. The molecule has 0 aromatic heterocycles. The summed E-state index contributed by atoms with van der Waals surface area (Å²) in [6, 6.07) is 7.84. The van der Waals surface area contributed by atoms with E-state index in [-0.39, 0.29) is 5.91 Å². The minimum atomic E-state index is 0.0474. The molecule has 112 valence electrons. The predicted octanol–water partition coefficient (Wildman–Crippen LogP) is 1.90. The summed E-state index contributed by atoms with van der Waals surface area (Å²) in [7, 11) is 4.11. The second kappa shape index (κ2) is 7.90. The van der Waals surface area contributed by atoms with Gasteiger partial charge in [0.15, 0.2) is 0 Å². The number of hydrogen-bond donors (Lipinski definition) is 2. The van der Waals surface area contributed by atoms with E-state index in [4.69, 9.17) is 5.73 Å². The Balaban J connectivity index is 2.45. The molecule has 1 aromatic carbocycles. The van der Waals surface area contributed by atoms with E-state index in [0.717, 1.165) is 12.0 Å². The van der Waals surface area contributed by atoms with Gasteiger partial charge >= 0.3 is 0 Å². The normalized spacial score (nSPS) is 12.7. The molecule has 0 saturated heterocycles. The first-order chi connectivity index (χ1) is 9.38. The van der Waals surface area contributed by atoms with Gasteiger partial charge < -0.3 is 16.0 Å². The van der Waals surface area contributed by atoms with Gasteiger partial charge in [0.2, 0.25) is 5.91 Å². The lowest BCUT2D eigenvalue weighted by molar-refractivity contribution is -0.120. The Morgan fingerprint density at radius 3 is 2.60 bits per heavy atom. The molecule has 1 unspecified atom stereocenters. The highest BCUT2D eigenvalue weighted by atomic mass is 16.1. The van der Waals surface area contributed by atoms with Gasteiger partial charge in [-0.1, -0.05) is 26.0 Å². The molecule has 0 heterocycles. The van der Waals surface area contributed by atoms with Crippen LogP contribution in [0, 0.1) is 5.92 Å². The van der Waals surface area contributed by atoms with Crippen molar-refractivity contribution in [3.63, 3.8) is 0 Å². The molecule has 1 rings (SSSR count). The Bertz CT molecular complexity index is 429. The molecular weight excluding hydrogens is 250 g/mol. The van der Waals surface area contributed by atoms with Crippen molar-refractivity contribution in [1.82, 2.24) is 10.2 Å². The number of nitrogens with two attached hydrogens (primary N) is 1. The molecule has 4 nitrogen and oxygen atoms in total. The fourth-order valence-corrected chi connectivity index (χ4v) is 2.20. The van der Waals surface area contributed by atoms with Crippen LogP contribution >= 0.6 is 0 Å². The molecule has 0 aliphatic heterocycles. The molecule has 0 aliphatic carbocycles. The Morgan fingerprint density at radius 2 is 2.05 bits per heavy atom. The van der Waals surface area contributed by atoms with Gasteiger partial charge in [0.1, 0.15) is 0 Å². The van der Waals surface area contributed by atoms with Gasteiger partial charge in [-0.3, -0.25) is 4.79 Å². The Kier molecular flexibility index (Phi) is 6.52. The first kappa shape index (κ1) is 16.5. The number of carbonyl (C=O) groups excluding carboxylic acids is 1. The molecule has 0 fully saturated rings. The van der Waals surface area contributed by atoms with Crippen LogP contribution in [-0.2, 0) is 11.2 Å². The first-order valence-corrected chi connectivity index (χ1v) is 7.16. The van der Waals surface area contributed by atoms with Gasteiger partial charge in [0.25, 0.3) is 0 Å². The topological polar surface area (TPSA) is 58.4 Å². The third kappa shape index (κ3) is 6.06. The van der Waals surface area contributed by atoms with Gasteiger partial charge in [-0.2, -0.15) is 0 Å². The summed E-state index contributed by atoms with van der Waals surface area (Å²) in [4.78, 5) is 14.1. The SMILES string of the molecule is CC(C)CC(CNC(=O)Cc1cccc(N)c1)N(C)C. The van der Waals surface area contributed by atoms with E-state index >= 15 is 0 Å². The lowest BCUT2D eigenvalue weighted by atomic mass is 10.0. The van der Waals surface area contributed by atoms with Crippen LogP contribution in [0.4, 0.5) is 5.69 Å². The largest absolute Gasteiger partial charge is 0.399 e. The fourth-order valence-electron chi connectivity index (χ4n) is 2.20. The number of carbonyl (C=O) groups is 1. The van der Waals surface area contributed by atoms with Crippen molar-refractivity contribution in [2.24, 2.45) is 5.92 Å². The van der Waals surface area contributed by atoms with Gasteiger partial charge in [-0.15, -0.1) is 0 Å². The summed E-state index contributed by atoms with van der Waals surface area (Å²) < 4.78 is 0. The molecular formula is C16H27N3O. The van der Waals surface area contributed by atoms with Crippen molar-refractivity contribution in [3.05, 3.63) is 29.8 Å². The third-order valence-corrected chi connectivity index (χ3v) is 3.32. The number of rotatable bonds is 7. The van der Waals surface area contributed by atoms with Crippen molar-refractivity contribution in [3.8, 4) is 0 Å². The average molecular weight is 277 g/mol. The first-order valence-electron chi connectivity index (χ1n) is 7.16. The summed E-state index contributed by atoms with van der Waals surface area (Å²) in [5, 5.41) is 3.02. The van der Waals surface area contributed by atoms with Crippen LogP contribution in [0.25, 0.3) is 0 Å². The van der Waals surface area contributed by atoms with E-state index in [1.807, 2.05) is 24.3 Å². The lowest BCUT2D eigenvalue weighted by Gasteiger charge is -2.26. The van der Waals surface area contributed by atoms with Gasteiger partial charge in [-0.25, -0.2) is 0 Å². The number of benzene rings is 1. The second-order valence-corrected chi connectivity index (χ2v) is 5.97. The van der Waals surface area contributed by atoms with Crippen LogP contribution in [0.15, 0.2) is 24.3 Å². The van der Waals surface area contributed by atoms with Crippen LogP contribution < -0.4 is 11.1 Å². The van der Waals surface area contributed by atoms with E-state index in [1.165, 1.54) is 0 Å². The maximum atomic E-state index is 12.0. The Hall–Kier alpha value is -1.55. The number of amides is 1. The van der Waals surface area contributed by atoms with Crippen molar-refractivity contribution < 1.29 is 4.79 Å². The maximum absolute atomic E-state index is 12.0. The summed E-state index contributed by atoms with van der Waals surface area (Å²) in [6.07, 6.45) is 1.46. The van der Waals surface area contributed by atoms with Gasteiger partial charge in [0.05, 0.1) is 6.42 Å². The zero-order chi connectivity index (χ0) is 15.1. The van der Waals surface area contributed by atoms with Crippen molar-refractivity contribution in [2.45, 2.75) is 32.7 Å². The smallest absolute Gasteiger partial charge is 0.224 e.